The smallest absolute Gasteiger partial charge is 0.244 e. The topological polar surface area (TPSA) is 101 Å². The second kappa shape index (κ2) is 8.03. The average Bonchev–Trinajstić information content (AvgIpc) is 2.99. The molecule has 2 aromatic rings. The Labute approximate surface area is 151 Å². The fraction of sp³-hybridized carbons (Fsp3) is 0.438. The Morgan fingerprint density at radius 2 is 2.04 bits per heavy atom. The molecule has 2 atom stereocenters. The van der Waals surface area contributed by atoms with Gasteiger partial charge in [0.1, 0.15) is 11.0 Å². The lowest BCUT2D eigenvalue weighted by atomic mass is 9.99. The largest absolute Gasteiger partial charge is 0.299 e. The predicted octanol–water partition coefficient (Wildman–Crippen LogP) is 2.42. The van der Waals surface area contributed by atoms with Crippen molar-refractivity contribution in [1.29, 1.82) is 0 Å². The highest BCUT2D eigenvalue weighted by Gasteiger charge is 2.27. The first kappa shape index (κ1) is 19.5. The van der Waals surface area contributed by atoms with E-state index in [9.17, 15) is 13.2 Å². The molecule has 0 bridgehead atoms. The Bertz CT molecular complexity index is 849. The van der Waals surface area contributed by atoms with Crippen molar-refractivity contribution in [3.8, 4) is 10.6 Å². The van der Waals surface area contributed by atoms with Gasteiger partial charge in [-0.05, 0) is 18.9 Å². The van der Waals surface area contributed by atoms with Crippen LogP contribution < -0.4 is 10.0 Å². The number of amides is 1. The lowest BCUT2D eigenvalue weighted by molar-refractivity contribution is -0.118. The summed E-state index contributed by atoms with van der Waals surface area (Å²) in [7, 11) is -3.50. The average molecular weight is 383 g/mol. The maximum absolute atomic E-state index is 12.5. The van der Waals surface area contributed by atoms with Gasteiger partial charge in [-0.15, -0.1) is 10.2 Å². The van der Waals surface area contributed by atoms with E-state index in [0.29, 0.717) is 16.6 Å². The summed E-state index contributed by atoms with van der Waals surface area (Å²) in [5, 5.41) is 11.8. The molecule has 0 spiro atoms. The second-order valence-electron chi connectivity index (χ2n) is 6.02. The number of aromatic nitrogens is 2. The second-order valence-corrected chi connectivity index (χ2v) is 8.78. The highest BCUT2D eigenvalue weighted by Crippen LogP contribution is 2.27. The number of hydrogen-bond acceptors (Lipinski definition) is 6. The number of nitrogens with zero attached hydrogens (tertiary/aromatic N) is 2. The Morgan fingerprint density at radius 1 is 1.32 bits per heavy atom. The van der Waals surface area contributed by atoms with Gasteiger partial charge in [-0.3, -0.25) is 10.1 Å². The molecule has 2 unspecified atom stereocenters. The Kier molecular flexibility index (Phi) is 6.26. The van der Waals surface area contributed by atoms with E-state index in [-0.39, 0.29) is 5.92 Å². The number of benzene rings is 1. The summed E-state index contributed by atoms with van der Waals surface area (Å²) in [5.74, 6) is -0.592. The molecule has 0 saturated carbocycles. The van der Waals surface area contributed by atoms with Crippen LogP contribution in [-0.4, -0.2) is 36.8 Å². The standard InChI is InChI=1S/C16H22N4O3S2/c1-5-11(3)13(20-25(4,22)23)14(21)17-16-19-18-15(24-16)12-8-6-7-10(2)9-12/h6-9,11,13,20H,5H2,1-4H3,(H,17,19,21). The molecule has 2 rings (SSSR count). The molecule has 1 aromatic carbocycles. The molecule has 136 valence electrons. The Morgan fingerprint density at radius 3 is 2.64 bits per heavy atom. The minimum absolute atomic E-state index is 0.154. The monoisotopic (exact) mass is 382 g/mol. The summed E-state index contributed by atoms with van der Waals surface area (Å²) in [6.45, 7) is 5.71. The molecule has 7 nitrogen and oxygen atoms in total. The van der Waals surface area contributed by atoms with Crippen molar-refractivity contribution in [3.05, 3.63) is 29.8 Å². The number of sulfonamides is 1. The molecule has 0 radical (unpaired) electrons. The number of aryl methyl sites for hydroxylation is 1. The van der Waals surface area contributed by atoms with Gasteiger partial charge in [-0.2, -0.15) is 0 Å². The fourth-order valence-electron chi connectivity index (χ4n) is 2.25. The summed E-state index contributed by atoms with van der Waals surface area (Å²) >= 11 is 1.25. The zero-order valence-electron chi connectivity index (χ0n) is 14.6. The van der Waals surface area contributed by atoms with Crippen LogP contribution in [0, 0.1) is 12.8 Å². The fourth-order valence-corrected chi connectivity index (χ4v) is 3.79. The molecule has 9 heteroatoms. The van der Waals surface area contributed by atoms with Crippen LogP contribution in [0.4, 0.5) is 5.13 Å². The minimum atomic E-state index is -3.50. The SMILES string of the molecule is CCC(C)C(NS(C)(=O)=O)C(=O)Nc1nnc(-c2cccc(C)c2)s1. The third-order valence-corrected chi connectivity index (χ3v) is 5.33. The zero-order chi connectivity index (χ0) is 18.6. The molecule has 2 N–H and O–H groups in total. The van der Waals surface area contributed by atoms with Crippen molar-refractivity contribution in [2.45, 2.75) is 33.2 Å². The van der Waals surface area contributed by atoms with Gasteiger partial charge >= 0.3 is 0 Å². The van der Waals surface area contributed by atoms with Crippen molar-refractivity contribution in [1.82, 2.24) is 14.9 Å². The first-order valence-corrected chi connectivity index (χ1v) is 10.6. The van der Waals surface area contributed by atoms with Crippen LogP contribution in [0.2, 0.25) is 0 Å². The predicted molar refractivity (Wildman–Crippen MR) is 99.9 cm³/mol. The van der Waals surface area contributed by atoms with Gasteiger partial charge in [-0.25, -0.2) is 13.1 Å². The lowest BCUT2D eigenvalue weighted by Crippen LogP contribution is -2.47. The first-order valence-electron chi connectivity index (χ1n) is 7.88. The van der Waals surface area contributed by atoms with E-state index in [1.807, 2.05) is 45.0 Å². The third kappa shape index (κ3) is 5.58. The van der Waals surface area contributed by atoms with E-state index in [1.165, 1.54) is 11.3 Å². The number of rotatable bonds is 7. The van der Waals surface area contributed by atoms with Crippen LogP contribution in [0.1, 0.15) is 25.8 Å². The van der Waals surface area contributed by atoms with E-state index in [1.54, 1.807) is 0 Å². The molecule has 1 aromatic heterocycles. The van der Waals surface area contributed by atoms with Crippen LogP contribution in [0.15, 0.2) is 24.3 Å². The van der Waals surface area contributed by atoms with E-state index >= 15 is 0 Å². The van der Waals surface area contributed by atoms with Gasteiger partial charge in [0, 0.05) is 5.56 Å². The summed E-state index contributed by atoms with van der Waals surface area (Å²) in [5.41, 5.74) is 2.03. The molecule has 0 saturated heterocycles. The number of carbonyl (C=O) groups excluding carboxylic acids is 1. The van der Waals surface area contributed by atoms with Crippen molar-refractivity contribution in [2.24, 2.45) is 5.92 Å². The molecular formula is C16H22N4O3S2. The van der Waals surface area contributed by atoms with Crippen molar-refractivity contribution < 1.29 is 13.2 Å². The molecule has 0 aliphatic carbocycles. The van der Waals surface area contributed by atoms with Crippen LogP contribution >= 0.6 is 11.3 Å². The highest BCUT2D eigenvalue weighted by molar-refractivity contribution is 7.88. The number of anilines is 1. The maximum atomic E-state index is 12.5. The van der Waals surface area contributed by atoms with Crippen LogP contribution in [0.3, 0.4) is 0 Å². The van der Waals surface area contributed by atoms with Gasteiger partial charge in [0.15, 0.2) is 0 Å². The maximum Gasteiger partial charge on any atom is 0.244 e. The minimum Gasteiger partial charge on any atom is -0.299 e. The Balaban J connectivity index is 2.16. The molecule has 25 heavy (non-hydrogen) atoms. The molecule has 1 amide bonds. The van der Waals surface area contributed by atoms with Crippen LogP contribution in [0.25, 0.3) is 10.6 Å². The zero-order valence-corrected chi connectivity index (χ0v) is 16.2. The normalized spacial score (nSPS) is 14.1. The Hall–Kier alpha value is -1.84. The summed E-state index contributed by atoms with van der Waals surface area (Å²) < 4.78 is 25.4. The molecule has 1 heterocycles. The number of nitrogens with one attached hydrogen (secondary N) is 2. The third-order valence-electron chi connectivity index (χ3n) is 3.76. The molecule has 0 aliphatic heterocycles. The van der Waals surface area contributed by atoms with Gasteiger partial charge in [0.05, 0.1) is 6.26 Å². The van der Waals surface area contributed by atoms with E-state index in [4.69, 9.17) is 0 Å². The van der Waals surface area contributed by atoms with E-state index in [0.717, 1.165) is 17.4 Å². The molecule has 0 aliphatic rings. The van der Waals surface area contributed by atoms with Crippen molar-refractivity contribution in [2.75, 3.05) is 11.6 Å². The van der Waals surface area contributed by atoms with E-state index < -0.39 is 22.0 Å². The summed E-state index contributed by atoms with van der Waals surface area (Å²) in [4.78, 5) is 12.5. The summed E-state index contributed by atoms with van der Waals surface area (Å²) in [6, 6.07) is 6.97. The summed E-state index contributed by atoms with van der Waals surface area (Å²) in [6.07, 6.45) is 1.70. The van der Waals surface area contributed by atoms with Gasteiger partial charge in [-0.1, -0.05) is 55.4 Å². The molecular weight excluding hydrogens is 360 g/mol. The van der Waals surface area contributed by atoms with Crippen LogP contribution in [-0.2, 0) is 14.8 Å². The van der Waals surface area contributed by atoms with Gasteiger partial charge < -0.3 is 0 Å². The number of hydrogen-bond donors (Lipinski definition) is 2. The molecule has 0 fully saturated rings. The highest BCUT2D eigenvalue weighted by atomic mass is 32.2. The van der Waals surface area contributed by atoms with Crippen molar-refractivity contribution >= 4 is 32.4 Å². The van der Waals surface area contributed by atoms with Gasteiger partial charge in [0.25, 0.3) is 0 Å². The quantitative estimate of drug-likeness (QED) is 0.766. The lowest BCUT2D eigenvalue weighted by Gasteiger charge is -2.21. The van der Waals surface area contributed by atoms with Crippen LogP contribution in [0.5, 0.6) is 0 Å². The van der Waals surface area contributed by atoms with Gasteiger partial charge in [0.2, 0.25) is 21.1 Å². The number of carbonyl (C=O) groups is 1. The first-order chi connectivity index (χ1) is 11.7. The van der Waals surface area contributed by atoms with Crippen molar-refractivity contribution in [3.63, 3.8) is 0 Å². The van der Waals surface area contributed by atoms with E-state index in [2.05, 4.69) is 20.2 Å².